The van der Waals surface area contributed by atoms with Crippen LogP contribution >= 0.6 is 0 Å². The number of carbonyl (C=O) groups excluding carboxylic acids is 1. The number of nitrogens with one attached hydrogen (secondary N) is 1. The van der Waals surface area contributed by atoms with Gasteiger partial charge >= 0.3 is 6.18 Å². The molecule has 1 aliphatic heterocycles. The van der Waals surface area contributed by atoms with Gasteiger partial charge in [-0.25, -0.2) is 9.97 Å². The van der Waals surface area contributed by atoms with Crippen LogP contribution in [0.5, 0.6) is 5.75 Å². The maximum atomic E-state index is 13.1. The summed E-state index contributed by atoms with van der Waals surface area (Å²) in [5, 5.41) is 2.62. The first-order valence-corrected chi connectivity index (χ1v) is 10.5. The van der Waals surface area contributed by atoms with Gasteiger partial charge in [0, 0.05) is 30.6 Å². The highest BCUT2D eigenvalue weighted by atomic mass is 19.4. The van der Waals surface area contributed by atoms with E-state index in [-0.39, 0.29) is 23.3 Å². The fourth-order valence-corrected chi connectivity index (χ4v) is 3.87. The maximum Gasteiger partial charge on any atom is 0.416 e. The molecular formula is C24H23F3N4O2. The molecule has 0 saturated carbocycles. The molecule has 33 heavy (non-hydrogen) atoms. The van der Waals surface area contributed by atoms with E-state index in [1.54, 1.807) is 0 Å². The van der Waals surface area contributed by atoms with Gasteiger partial charge in [-0.1, -0.05) is 30.3 Å². The summed E-state index contributed by atoms with van der Waals surface area (Å²) in [6.07, 6.45) is -1.88. The largest absolute Gasteiger partial charge is 0.495 e. The molecule has 3 aromatic rings. The summed E-state index contributed by atoms with van der Waals surface area (Å²) in [5.41, 5.74) is 0.983. The van der Waals surface area contributed by atoms with E-state index in [9.17, 15) is 18.0 Å². The van der Waals surface area contributed by atoms with Crippen LogP contribution < -0.4 is 15.0 Å². The summed E-state index contributed by atoms with van der Waals surface area (Å²) < 4.78 is 44.3. The summed E-state index contributed by atoms with van der Waals surface area (Å²) in [5.74, 6) is 0.321. The van der Waals surface area contributed by atoms with Crippen LogP contribution in [0, 0.1) is 5.92 Å². The fourth-order valence-electron chi connectivity index (χ4n) is 3.87. The van der Waals surface area contributed by atoms with Gasteiger partial charge in [0.05, 0.1) is 24.1 Å². The van der Waals surface area contributed by atoms with E-state index < -0.39 is 11.7 Å². The van der Waals surface area contributed by atoms with Crippen molar-refractivity contribution < 1.29 is 22.7 Å². The lowest BCUT2D eigenvalue weighted by Gasteiger charge is -2.32. The number of hydrogen-bond donors (Lipinski definition) is 1. The number of piperidine rings is 1. The Morgan fingerprint density at radius 3 is 2.45 bits per heavy atom. The topological polar surface area (TPSA) is 67.3 Å². The molecule has 1 fully saturated rings. The van der Waals surface area contributed by atoms with Crippen LogP contribution in [-0.4, -0.2) is 36.1 Å². The van der Waals surface area contributed by atoms with Gasteiger partial charge in [-0.3, -0.25) is 4.79 Å². The van der Waals surface area contributed by atoms with E-state index in [2.05, 4.69) is 20.2 Å². The standard InChI is InChI=1S/C24H23F3N4O2/c1-33-21-8-7-18(24(25,26)27)13-20(21)30-23(32)17-9-11-31(12-10-17)22-14-19(28-15-29-22)16-5-3-2-4-6-16/h2-8,13-15,17H,9-12H2,1H3,(H,30,32). The minimum atomic E-state index is -4.51. The first-order valence-electron chi connectivity index (χ1n) is 10.5. The van der Waals surface area contributed by atoms with E-state index in [4.69, 9.17) is 4.74 Å². The highest BCUT2D eigenvalue weighted by Gasteiger charge is 2.32. The Labute approximate surface area is 189 Å². The summed E-state index contributed by atoms with van der Waals surface area (Å²) >= 11 is 0. The molecule has 0 bridgehead atoms. The van der Waals surface area contributed by atoms with Crippen LogP contribution in [0.25, 0.3) is 11.3 Å². The second-order valence-electron chi connectivity index (χ2n) is 7.79. The van der Waals surface area contributed by atoms with Crippen molar-refractivity contribution >= 4 is 17.4 Å². The van der Waals surface area contributed by atoms with E-state index in [0.29, 0.717) is 25.9 Å². The first kappa shape index (κ1) is 22.6. The van der Waals surface area contributed by atoms with Crippen LogP contribution in [0.2, 0.25) is 0 Å². The lowest BCUT2D eigenvalue weighted by molar-refractivity contribution is -0.137. The lowest BCUT2D eigenvalue weighted by Crippen LogP contribution is -2.38. The zero-order valence-corrected chi connectivity index (χ0v) is 18.0. The number of aromatic nitrogens is 2. The molecule has 9 heteroatoms. The third-order valence-corrected chi connectivity index (χ3v) is 5.70. The molecule has 172 valence electrons. The van der Waals surface area contributed by atoms with Crippen molar-refractivity contribution in [1.82, 2.24) is 9.97 Å². The molecule has 1 aliphatic rings. The van der Waals surface area contributed by atoms with Crippen molar-refractivity contribution in [2.24, 2.45) is 5.92 Å². The second kappa shape index (κ2) is 9.48. The summed E-state index contributed by atoms with van der Waals surface area (Å²) in [7, 11) is 1.35. The van der Waals surface area contributed by atoms with E-state index >= 15 is 0 Å². The van der Waals surface area contributed by atoms with Gasteiger partial charge in [0.25, 0.3) is 0 Å². The number of anilines is 2. The smallest absolute Gasteiger partial charge is 0.416 e. The number of hydrogen-bond acceptors (Lipinski definition) is 5. The number of nitrogens with zero attached hydrogens (tertiary/aromatic N) is 3. The van der Waals surface area contributed by atoms with E-state index in [0.717, 1.165) is 29.2 Å². The van der Waals surface area contributed by atoms with Gasteiger partial charge in [-0.2, -0.15) is 13.2 Å². The average Bonchev–Trinajstić information content (AvgIpc) is 2.84. The number of alkyl halides is 3. The molecule has 0 atom stereocenters. The Morgan fingerprint density at radius 1 is 1.06 bits per heavy atom. The third kappa shape index (κ3) is 5.24. The monoisotopic (exact) mass is 456 g/mol. The number of halogens is 3. The molecule has 2 heterocycles. The van der Waals surface area contributed by atoms with Crippen molar-refractivity contribution in [2.75, 3.05) is 30.4 Å². The van der Waals surface area contributed by atoms with Gasteiger partial charge < -0.3 is 15.0 Å². The van der Waals surface area contributed by atoms with Crippen molar-refractivity contribution in [1.29, 1.82) is 0 Å². The Bertz CT molecular complexity index is 1110. The van der Waals surface area contributed by atoms with E-state index in [1.807, 2.05) is 36.4 Å². The molecular weight excluding hydrogens is 433 g/mol. The molecule has 1 N–H and O–H groups in total. The Hall–Kier alpha value is -3.62. The zero-order chi connectivity index (χ0) is 23.4. The highest BCUT2D eigenvalue weighted by Crippen LogP contribution is 2.35. The molecule has 0 radical (unpaired) electrons. The zero-order valence-electron chi connectivity index (χ0n) is 18.0. The molecule has 6 nitrogen and oxygen atoms in total. The van der Waals surface area contributed by atoms with Crippen LogP contribution in [0.1, 0.15) is 18.4 Å². The van der Waals surface area contributed by atoms with E-state index in [1.165, 1.54) is 19.5 Å². The molecule has 0 spiro atoms. The molecule has 1 aromatic heterocycles. The van der Waals surface area contributed by atoms with Gasteiger partial charge in [-0.05, 0) is 31.0 Å². The molecule has 2 aromatic carbocycles. The number of ether oxygens (including phenoxy) is 1. The number of carbonyl (C=O) groups is 1. The van der Waals surface area contributed by atoms with Gasteiger partial charge in [0.15, 0.2) is 0 Å². The van der Waals surface area contributed by atoms with Crippen LogP contribution in [0.15, 0.2) is 60.9 Å². The molecule has 1 saturated heterocycles. The first-order chi connectivity index (χ1) is 15.8. The second-order valence-corrected chi connectivity index (χ2v) is 7.79. The van der Waals surface area contributed by atoms with Gasteiger partial charge in [0.1, 0.15) is 17.9 Å². The van der Waals surface area contributed by atoms with Crippen LogP contribution in [0.4, 0.5) is 24.7 Å². The SMILES string of the molecule is COc1ccc(C(F)(F)F)cc1NC(=O)C1CCN(c2cc(-c3ccccc3)ncn2)CC1. The molecule has 0 unspecified atom stereocenters. The van der Waals surface area contributed by atoms with Gasteiger partial charge in [-0.15, -0.1) is 0 Å². The maximum absolute atomic E-state index is 13.1. The highest BCUT2D eigenvalue weighted by molar-refractivity contribution is 5.94. The van der Waals surface area contributed by atoms with Crippen LogP contribution in [-0.2, 0) is 11.0 Å². The Kier molecular flexibility index (Phi) is 6.48. The number of amides is 1. The lowest BCUT2D eigenvalue weighted by atomic mass is 9.95. The predicted octanol–water partition coefficient (Wildman–Crippen LogP) is 5.03. The molecule has 1 amide bonds. The predicted molar refractivity (Wildman–Crippen MR) is 119 cm³/mol. The Balaban J connectivity index is 1.41. The summed E-state index contributed by atoms with van der Waals surface area (Å²) in [6.45, 7) is 1.20. The number of rotatable bonds is 5. The summed E-state index contributed by atoms with van der Waals surface area (Å²) in [4.78, 5) is 23.6. The fraction of sp³-hybridized carbons (Fsp3) is 0.292. The third-order valence-electron chi connectivity index (χ3n) is 5.70. The van der Waals surface area contributed by atoms with Crippen molar-refractivity contribution in [3.8, 4) is 17.0 Å². The molecule has 0 aliphatic carbocycles. The average molecular weight is 456 g/mol. The van der Waals surface area contributed by atoms with Crippen molar-refractivity contribution in [3.05, 3.63) is 66.5 Å². The van der Waals surface area contributed by atoms with Crippen molar-refractivity contribution in [3.63, 3.8) is 0 Å². The Morgan fingerprint density at radius 2 is 1.79 bits per heavy atom. The van der Waals surface area contributed by atoms with Crippen LogP contribution in [0.3, 0.4) is 0 Å². The minimum Gasteiger partial charge on any atom is -0.495 e. The number of methoxy groups -OCH3 is 1. The quantitative estimate of drug-likeness (QED) is 0.584. The minimum absolute atomic E-state index is 0.0167. The van der Waals surface area contributed by atoms with Crippen molar-refractivity contribution in [2.45, 2.75) is 19.0 Å². The number of benzene rings is 2. The normalized spacial score (nSPS) is 14.7. The molecule has 4 rings (SSSR count). The summed E-state index contributed by atoms with van der Waals surface area (Å²) in [6, 6.07) is 14.7. The van der Waals surface area contributed by atoms with Gasteiger partial charge in [0.2, 0.25) is 5.91 Å².